The summed E-state index contributed by atoms with van der Waals surface area (Å²) in [4.78, 5) is 11.8. The van der Waals surface area contributed by atoms with Crippen LogP contribution in [0.1, 0.15) is 125 Å². The standard InChI is InChI=1S/C59H104O33/c1-7-8-9-14-17-28(18-15-12-10-11-13-16-27(19-31(62)63)49-44(76)38(70)32(64)22(2)80-49)85-57-51(41(73)35(67)25(5)83-57)92-59-53(43(75)37(69)30(21-61)87-59)91-56-47(79)50(48(26(6)84-56)88-54-45(77)39(71)33(65)23(3)81-54)89-58-52(42(74)36(68)29(20-60)86-58)90-55-46(78)40(72)34(66)24(4)82-55/h22-30,32-61,64-79H,7-21H2,1-6H3,(H,62,63). The second-order valence-corrected chi connectivity index (χ2v) is 25.8. The normalized spacial score (nSPS) is 47.8. The van der Waals surface area contributed by atoms with Crippen LogP contribution in [0, 0.1) is 5.92 Å². The SMILES string of the molecule is CCCCCCC(CCCCCCCC(CC(=O)O)C1OC(C)C(O)C(O)C1O)OC1OC(C)C(O)C(O)C1OC1OC(CO)C(O)C(O)C1OC1OC(C)C(OC2OC(C)C(O)C(O)C2O)C(OC2OC(CO)C(O)C(O)C2OC2OC(C)C(O)C(O)C2O)C1O. The lowest BCUT2D eigenvalue weighted by molar-refractivity contribution is -0.414. The largest absolute Gasteiger partial charge is 0.481 e. The lowest BCUT2D eigenvalue weighted by atomic mass is 9.83. The number of hydrogen-bond donors (Lipinski definition) is 19. The predicted molar refractivity (Wildman–Crippen MR) is 305 cm³/mol. The van der Waals surface area contributed by atoms with Gasteiger partial charge in [-0.2, -0.15) is 0 Å². The van der Waals surface area contributed by atoms with E-state index in [4.69, 9.17) is 61.6 Å². The van der Waals surface area contributed by atoms with E-state index in [2.05, 4.69) is 6.92 Å². The highest BCUT2D eigenvalue weighted by molar-refractivity contribution is 5.67. The first-order chi connectivity index (χ1) is 43.5. The molecule has 0 aromatic heterocycles. The number of aliphatic carboxylic acids is 1. The summed E-state index contributed by atoms with van der Waals surface area (Å²) in [6.07, 6.45) is -52.1. The zero-order chi connectivity index (χ0) is 67.7. The lowest BCUT2D eigenvalue weighted by Crippen LogP contribution is -2.69. The minimum absolute atomic E-state index is 0.318. The van der Waals surface area contributed by atoms with Gasteiger partial charge in [0.1, 0.15) is 140 Å². The molecular weight excluding hydrogens is 1240 g/mol. The van der Waals surface area contributed by atoms with Crippen molar-refractivity contribution in [3.05, 3.63) is 0 Å². The maximum Gasteiger partial charge on any atom is 0.303 e. The number of rotatable bonds is 30. The van der Waals surface area contributed by atoms with Crippen LogP contribution >= 0.6 is 0 Å². The molecule has 19 N–H and O–H groups in total. The van der Waals surface area contributed by atoms with Gasteiger partial charge in [-0.15, -0.1) is 0 Å². The first kappa shape index (κ1) is 77.6. The highest BCUT2D eigenvalue weighted by atomic mass is 16.8. The van der Waals surface area contributed by atoms with E-state index in [0.29, 0.717) is 51.4 Å². The van der Waals surface area contributed by atoms with E-state index in [0.717, 1.165) is 25.7 Å². The summed E-state index contributed by atoms with van der Waals surface area (Å²) in [5.41, 5.74) is 0. The number of carbonyl (C=O) groups is 1. The van der Waals surface area contributed by atoms with Crippen molar-refractivity contribution in [3.63, 3.8) is 0 Å². The third-order valence-electron chi connectivity index (χ3n) is 18.9. The summed E-state index contributed by atoms with van der Waals surface area (Å²) in [6.45, 7) is 7.24. The molecule has 0 bridgehead atoms. The fraction of sp³-hybridized carbons (Fsp3) is 0.983. The summed E-state index contributed by atoms with van der Waals surface area (Å²) in [7, 11) is 0. The van der Waals surface area contributed by atoms with Crippen molar-refractivity contribution in [1.82, 2.24) is 0 Å². The molecule has 33 nitrogen and oxygen atoms in total. The van der Waals surface area contributed by atoms with Crippen LogP contribution in [0.15, 0.2) is 0 Å². The van der Waals surface area contributed by atoms with Gasteiger partial charge in [-0.25, -0.2) is 0 Å². The zero-order valence-electron chi connectivity index (χ0n) is 52.7. The Morgan fingerprint density at radius 2 is 0.707 bits per heavy atom. The second kappa shape index (κ2) is 35.3. The maximum absolute atomic E-state index is 12.5. The molecule has 7 saturated heterocycles. The Bertz CT molecular complexity index is 2160. The Morgan fingerprint density at radius 3 is 1.18 bits per heavy atom. The predicted octanol–water partition coefficient (Wildman–Crippen LogP) is -5.94. The van der Waals surface area contributed by atoms with E-state index in [1.54, 1.807) is 0 Å². The Morgan fingerprint density at radius 1 is 0.348 bits per heavy atom. The molecule has 0 aromatic carbocycles. The highest BCUT2D eigenvalue weighted by Crippen LogP contribution is 2.40. The van der Waals surface area contributed by atoms with Crippen molar-refractivity contribution < 1.29 is 163 Å². The van der Waals surface area contributed by atoms with Crippen LogP contribution in [-0.2, 0) is 66.4 Å². The van der Waals surface area contributed by atoms with E-state index in [9.17, 15) is 102 Å². The zero-order valence-corrected chi connectivity index (χ0v) is 52.7. The van der Waals surface area contributed by atoms with Gasteiger partial charge >= 0.3 is 5.97 Å². The topological polar surface area (TPSA) is 521 Å². The number of hydrogen-bond acceptors (Lipinski definition) is 32. The van der Waals surface area contributed by atoms with Crippen molar-refractivity contribution in [2.45, 2.75) is 346 Å². The molecule has 0 aliphatic carbocycles. The summed E-state index contributed by atoms with van der Waals surface area (Å²) < 4.78 is 79.2. The number of aliphatic hydroxyl groups excluding tert-OH is 18. The molecule has 92 heavy (non-hydrogen) atoms. The van der Waals surface area contributed by atoms with Gasteiger partial charge in [0.05, 0.1) is 62.4 Å². The molecule has 7 heterocycles. The van der Waals surface area contributed by atoms with Gasteiger partial charge in [-0.1, -0.05) is 64.7 Å². The van der Waals surface area contributed by atoms with Gasteiger partial charge in [0.25, 0.3) is 0 Å². The van der Waals surface area contributed by atoms with E-state index in [-0.39, 0.29) is 6.42 Å². The van der Waals surface area contributed by atoms with E-state index in [1.165, 1.54) is 34.6 Å². The van der Waals surface area contributed by atoms with Crippen molar-refractivity contribution >= 4 is 5.97 Å². The minimum atomic E-state index is -2.23. The molecular formula is C59H104O33. The number of ether oxygens (including phenoxy) is 13. The Balaban J connectivity index is 1.11. The first-order valence-electron chi connectivity index (χ1n) is 32.4. The van der Waals surface area contributed by atoms with E-state index in [1.807, 2.05) is 0 Å². The average Bonchev–Trinajstić information content (AvgIpc) is 0.792. The molecule has 0 spiro atoms. The summed E-state index contributed by atoms with van der Waals surface area (Å²) in [5.74, 6) is -1.74. The fourth-order valence-corrected chi connectivity index (χ4v) is 13.0. The van der Waals surface area contributed by atoms with Gasteiger partial charge < -0.3 is 159 Å². The molecule has 538 valence electrons. The van der Waals surface area contributed by atoms with Crippen LogP contribution in [-0.4, -0.2) is 337 Å². The van der Waals surface area contributed by atoms with Gasteiger partial charge in [0.2, 0.25) is 0 Å². The molecule has 7 rings (SSSR count). The monoisotopic (exact) mass is 1340 g/mol. The molecule has 0 radical (unpaired) electrons. The number of unbranched alkanes of at least 4 members (excludes halogenated alkanes) is 7. The fourth-order valence-electron chi connectivity index (χ4n) is 13.0. The van der Waals surface area contributed by atoms with Gasteiger partial charge in [-0.3, -0.25) is 4.79 Å². The van der Waals surface area contributed by atoms with Crippen LogP contribution in [0.3, 0.4) is 0 Å². The van der Waals surface area contributed by atoms with Crippen molar-refractivity contribution in [1.29, 1.82) is 0 Å². The van der Waals surface area contributed by atoms with Crippen LogP contribution in [0.4, 0.5) is 0 Å². The molecule has 0 aromatic rings. The lowest BCUT2D eigenvalue weighted by Gasteiger charge is -2.51. The van der Waals surface area contributed by atoms with Crippen LogP contribution in [0.5, 0.6) is 0 Å². The smallest absolute Gasteiger partial charge is 0.303 e. The van der Waals surface area contributed by atoms with Crippen molar-refractivity contribution in [3.8, 4) is 0 Å². The van der Waals surface area contributed by atoms with E-state index >= 15 is 0 Å². The minimum Gasteiger partial charge on any atom is -0.481 e. The van der Waals surface area contributed by atoms with Gasteiger partial charge in [-0.05, 0) is 59.8 Å². The molecule has 37 atom stereocenters. The average molecular weight is 1340 g/mol. The third-order valence-corrected chi connectivity index (χ3v) is 18.9. The highest BCUT2D eigenvalue weighted by Gasteiger charge is 2.59. The molecule has 0 amide bonds. The van der Waals surface area contributed by atoms with Crippen molar-refractivity contribution in [2.75, 3.05) is 13.2 Å². The number of carboxylic acid groups (broad SMARTS) is 1. The molecule has 37 unspecified atom stereocenters. The van der Waals surface area contributed by atoms with Crippen LogP contribution in [0.25, 0.3) is 0 Å². The van der Waals surface area contributed by atoms with Gasteiger partial charge in [0, 0.05) is 0 Å². The number of carboxylic acids is 1. The third kappa shape index (κ3) is 18.6. The Kier molecular flexibility index (Phi) is 29.8. The van der Waals surface area contributed by atoms with Crippen molar-refractivity contribution in [2.24, 2.45) is 5.92 Å². The molecule has 0 saturated carbocycles. The summed E-state index contributed by atoms with van der Waals surface area (Å²) >= 11 is 0. The summed E-state index contributed by atoms with van der Waals surface area (Å²) in [5, 5.41) is 208. The first-order valence-corrected chi connectivity index (χ1v) is 32.4. The Hall–Kier alpha value is -1.77. The molecule has 7 aliphatic heterocycles. The Labute approximate surface area is 533 Å². The maximum atomic E-state index is 12.5. The van der Waals surface area contributed by atoms with Crippen LogP contribution in [0.2, 0.25) is 0 Å². The van der Waals surface area contributed by atoms with Gasteiger partial charge in [0.15, 0.2) is 37.7 Å². The molecule has 7 aliphatic rings. The van der Waals surface area contributed by atoms with Crippen LogP contribution < -0.4 is 0 Å². The quantitative estimate of drug-likeness (QED) is 0.0298. The number of aliphatic hydroxyl groups is 18. The summed E-state index contributed by atoms with van der Waals surface area (Å²) in [6, 6.07) is 0. The molecule has 7 fully saturated rings. The second-order valence-electron chi connectivity index (χ2n) is 25.8. The molecule has 33 heteroatoms. The van der Waals surface area contributed by atoms with E-state index < -0.39 is 246 Å².